The van der Waals surface area contributed by atoms with Gasteiger partial charge >= 0.3 is 0 Å². The molecular formula is C18H22N6O2S2. The van der Waals surface area contributed by atoms with Crippen LogP contribution in [-0.4, -0.2) is 41.8 Å². The van der Waals surface area contributed by atoms with Gasteiger partial charge in [-0.2, -0.15) is 0 Å². The van der Waals surface area contributed by atoms with E-state index < -0.39 is 0 Å². The Balaban J connectivity index is 1.73. The predicted molar refractivity (Wildman–Crippen MR) is 109 cm³/mol. The van der Waals surface area contributed by atoms with E-state index in [1.54, 1.807) is 6.20 Å². The van der Waals surface area contributed by atoms with Gasteiger partial charge in [0.2, 0.25) is 5.91 Å². The van der Waals surface area contributed by atoms with Crippen molar-refractivity contribution < 1.29 is 9.59 Å². The van der Waals surface area contributed by atoms with Gasteiger partial charge in [0.25, 0.3) is 0 Å². The Morgan fingerprint density at radius 2 is 2.07 bits per heavy atom. The van der Waals surface area contributed by atoms with Gasteiger partial charge in [-0.05, 0) is 26.8 Å². The Hall–Kier alpha value is -2.46. The summed E-state index contributed by atoms with van der Waals surface area (Å²) in [6.45, 7) is 6.54. The highest BCUT2D eigenvalue weighted by atomic mass is 32.2. The monoisotopic (exact) mass is 418 g/mol. The molecule has 148 valence electrons. The van der Waals surface area contributed by atoms with E-state index in [-0.39, 0.29) is 23.9 Å². The van der Waals surface area contributed by atoms with Crippen molar-refractivity contribution in [1.82, 2.24) is 24.3 Å². The number of nitrogens with zero attached hydrogens (tertiary/aromatic N) is 5. The van der Waals surface area contributed by atoms with Crippen LogP contribution in [0.1, 0.15) is 40.9 Å². The number of Topliss-reactive ketones (excluding diaryl/α,β-unsaturated/α-hetero) is 1. The number of carbonyl (C=O) groups excluding carboxylic acids is 2. The number of aryl methyl sites for hydroxylation is 2. The molecule has 2 N–H and O–H groups in total. The summed E-state index contributed by atoms with van der Waals surface area (Å²) in [6, 6.07) is 1.91. The molecule has 0 aliphatic carbocycles. The fourth-order valence-electron chi connectivity index (χ4n) is 3.04. The first kappa shape index (κ1) is 20.3. The molecule has 0 aromatic carbocycles. The number of nitrogens with two attached hydrogens (primary N) is 1. The second-order valence-corrected chi connectivity index (χ2v) is 8.07. The molecule has 0 unspecified atom stereocenters. The largest absolute Gasteiger partial charge is 0.370 e. The molecule has 0 saturated carbocycles. The zero-order valence-corrected chi connectivity index (χ0v) is 17.6. The van der Waals surface area contributed by atoms with Gasteiger partial charge in [0.05, 0.1) is 5.75 Å². The van der Waals surface area contributed by atoms with Gasteiger partial charge in [-0.3, -0.25) is 14.2 Å². The van der Waals surface area contributed by atoms with E-state index >= 15 is 0 Å². The number of rotatable bonds is 9. The average molecular weight is 419 g/mol. The molecule has 10 heteroatoms. The smallest absolute Gasteiger partial charge is 0.217 e. The molecule has 0 aliphatic heterocycles. The third kappa shape index (κ3) is 4.17. The van der Waals surface area contributed by atoms with Crippen LogP contribution in [0, 0.1) is 13.8 Å². The number of thioether (sulfide) groups is 1. The summed E-state index contributed by atoms with van der Waals surface area (Å²) < 4.78 is 3.92. The van der Waals surface area contributed by atoms with Crippen molar-refractivity contribution in [3.05, 3.63) is 40.4 Å². The van der Waals surface area contributed by atoms with Crippen LogP contribution in [0.5, 0.6) is 0 Å². The molecule has 0 radical (unpaired) electrons. The molecule has 0 fully saturated rings. The second-order valence-electron chi connectivity index (χ2n) is 6.26. The van der Waals surface area contributed by atoms with Crippen LogP contribution in [0.2, 0.25) is 0 Å². The Bertz CT molecular complexity index is 990. The minimum Gasteiger partial charge on any atom is -0.370 e. The highest BCUT2D eigenvalue weighted by Crippen LogP contribution is 2.25. The topological polar surface area (TPSA) is 109 Å². The number of amides is 1. The maximum atomic E-state index is 12.8. The van der Waals surface area contributed by atoms with Crippen LogP contribution in [-0.2, 0) is 17.8 Å². The second kappa shape index (κ2) is 8.70. The van der Waals surface area contributed by atoms with Crippen LogP contribution >= 0.6 is 23.1 Å². The standard InChI is InChI=1S/C18H22N6O2S2/c1-4-23-16(6-5-15(19)26)21-22-18(23)28-10-14(25)13-9-11(2)24(12(13)3)17-20-7-8-27-17/h7-9H,4-6,10H2,1-3H3,(H2,19,26). The van der Waals surface area contributed by atoms with E-state index in [2.05, 4.69) is 15.2 Å². The van der Waals surface area contributed by atoms with E-state index in [0.29, 0.717) is 29.5 Å². The third-order valence-electron chi connectivity index (χ3n) is 4.38. The van der Waals surface area contributed by atoms with Crippen LogP contribution < -0.4 is 5.73 Å². The Morgan fingerprint density at radius 1 is 1.29 bits per heavy atom. The first-order valence-corrected chi connectivity index (χ1v) is 10.7. The van der Waals surface area contributed by atoms with Crippen molar-refractivity contribution in [1.29, 1.82) is 0 Å². The Labute approximate surface area is 171 Å². The lowest BCUT2D eigenvalue weighted by Crippen LogP contribution is -2.13. The molecule has 1 amide bonds. The molecule has 0 bridgehead atoms. The summed E-state index contributed by atoms with van der Waals surface area (Å²) in [5.74, 6) is 0.630. The first-order valence-electron chi connectivity index (χ1n) is 8.87. The number of aromatic nitrogens is 5. The molecular weight excluding hydrogens is 396 g/mol. The molecule has 3 heterocycles. The Kier molecular flexibility index (Phi) is 6.30. The highest BCUT2D eigenvalue weighted by Gasteiger charge is 2.19. The van der Waals surface area contributed by atoms with Crippen molar-refractivity contribution >= 4 is 34.8 Å². The lowest BCUT2D eigenvalue weighted by Gasteiger charge is -2.07. The van der Waals surface area contributed by atoms with Gasteiger partial charge in [-0.1, -0.05) is 11.8 Å². The third-order valence-corrected chi connectivity index (χ3v) is 6.10. The molecule has 0 spiro atoms. The number of primary amides is 1. The van der Waals surface area contributed by atoms with Crippen LogP contribution in [0.25, 0.3) is 5.13 Å². The van der Waals surface area contributed by atoms with Crippen LogP contribution in [0.4, 0.5) is 0 Å². The Morgan fingerprint density at radius 3 is 2.71 bits per heavy atom. The van der Waals surface area contributed by atoms with Gasteiger partial charge in [0.15, 0.2) is 16.1 Å². The van der Waals surface area contributed by atoms with Crippen LogP contribution in [0.15, 0.2) is 22.8 Å². The van der Waals surface area contributed by atoms with Gasteiger partial charge < -0.3 is 10.3 Å². The fraction of sp³-hybridized carbons (Fsp3) is 0.389. The summed E-state index contributed by atoms with van der Waals surface area (Å²) >= 11 is 2.89. The van der Waals surface area contributed by atoms with Gasteiger partial charge in [-0.25, -0.2) is 4.98 Å². The molecule has 8 nitrogen and oxygen atoms in total. The molecule has 0 saturated heterocycles. The van der Waals surface area contributed by atoms with Gasteiger partial charge in [0, 0.05) is 47.9 Å². The van der Waals surface area contributed by atoms with E-state index in [9.17, 15) is 9.59 Å². The number of carbonyl (C=O) groups is 2. The van der Waals surface area contributed by atoms with Gasteiger partial charge in [-0.15, -0.1) is 21.5 Å². The minimum absolute atomic E-state index is 0.0326. The quantitative estimate of drug-likeness (QED) is 0.422. The summed E-state index contributed by atoms with van der Waals surface area (Å²) in [7, 11) is 0. The number of hydrogen-bond donors (Lipinski definition) is 1. The molecule has 28 heavy (non-hydrogen) atoms. The van der Waals surface area contributed by atoms with E-state index in [0.717, 1.165) is 16.5 Å². The number of thiazole rings is 1. The predicted octanol–water partition coefficient (Wildman–Crippen LogP) is 2.55. The summed E-state index contributed by atoms with van der Waals surface area (Å²) in [5.41, 5.74) is 7.77. The van der Waals surface area contributed by atoms with Crippen molar-refractivity contribution in [2.45, 2.75) is 45.3 Å². The summed E-state index contributed by atoms with van der Waals surface area (Å²) in [6.07, 6.45) is 2.42. The van der Waals surface area contributed by atoms with Crippen molar-refractivity contribution in [3.8, 4) is 5.13 Å². The normalized spacial score (nSPS) is 11.1. The maximum Gasteiger partial charge on any atom is 0.217 e. The molecule has 3 aromatic heterocycles. The highest BCUT2D eigenvalue weighted by molar-refractivity contribution is 7.99. The first-order chi connectivity index (χ1) is 13.4. The average Bonchev–Trinajstić information content (AvgIpc) is 3.37. The maximum absolute atomic E-state index is 12.8. The minimum atomic E-state index is -0.370. The zero-order valence-electron chi connectivity index (χ0n) is 16.0. The zero-order chi connectivity index (χ0) is 20.3. The van der Waals surface area contributed by atoms with Crippen molar-refractivity contribution in [2.75, 3.05) is 5.75 Å². The number of hydrogen-bond acceptors (Lipinski definition) is 7. The molecule has 0 aliphatic rings. The van der Waals surface area contributed by atoms with Crippen molar-refractivity contribution in [3.63, 3.8) is 0 Å². The van der Waals surface area contributed by atoms with E-state index in [1.165, 1.54) is 23.1 Å². The van der Waals surface area contributed by atoms with E-state index in [4.69, 9.17) is 5.73 Å². The molecule has 3 rings (SSSR count). The summed E-state index contributed by atoms with van der Waals surface area (Å²) in [4.78, 5) is 28.2. The number of ketones is 1. The van der Waals surface area contributed by atoms with Crippen LogP contribution in [0.3, 0.4) is 0 Å². The lowest BCUT2D eigenvalue weighted by molar-refractivity contribution is -0.118. The van der Waals surface area contributed by atoms with Gasteiger partial charge in [0.1, 0.15) is 5.82 Å². The lowest BCUT2D eigenvalue weighted by atomic mass is 10.2. The SMILES string of the molecule is CCn1c(CCC(N)=O)nnc1SCC(=O)c1cc(C)n(-c2nccs2)c1C. The molecule has 3 aromatic rings. The van der Waals surface area contributed by atoms with Crippen molar-refractivity contribution in [2.24, 2.45) is 5.73 Å². The summed E-state index contributed by atoms with van der Waals surface area (Å²) in [5, 5.41) is 11.8. The molecule has 0 atom stereocenters. The van der Waals surface area contributed by atoms with E-state index in [1.807, 2.05) is 41.4 Å². The fourth-order valence-corrected chi connectivity index (χ4v) is 4.69.